The van der Waals surface area contributed by atoms with E-state index in [0.29, 0.717) is 13.1 Å². The first-order valence-electron chi connectivity index (χ1n) is 8.23. The third kappa shape index (κ3) is 5.88. The molecule has 1 aliphatic heterocycles. The fraction of sp³-hybridized carbons (Fsp3) is 0.529. The van der Waals surface area contributed by atoms with Gasteiger partial charge in [-0.2, -0.15) is 0 Å². The maximum absolute atomic E-state index is 12.8. The summed E-state index contributed by atoms with van der Waals surface area (Å²) in [7, 11) is 0. The van der Waals surface area contributed by atoms with Crippen molar-refractivity contribution >= 4 is 11.9 Å². The second-order valence-electron chi connectivity index (χ2n) is 5.58. The van der Waals surface area contributed by atoms with Crippen LogP contribution < -0.4 is 10.6 Å². The van der Waals surface area contributed by atoms with Crippen LogP contribution in [0.3, 0.4) is 0 Å². The molecular weight excluding hydrogens is 295 g/mol. The van der Waals surface area contributed by atoms with Crippen molar-refractivity contribution in [2.75, 3.05) is 32.7 Å². The number of hydrogen-bond donors (Lipinski definition) is 2. The zero-order valence-corrected chi connectivity index (χ0v) is 13.6. The van der Waals surface area contributed by atoms with E-state index in [0.717, 1.165) is 31.2 Å². The van der Waals surface area contributed by atoms with Crippen LogP contribution in [0, 0.1) is 5.82 Å². The molecule has 6 heteroatoms. The molecule has 126 valence electrons. The van der Waals surface area contributed by atoms with Crippen molar-refractivity contribution in [3.05, 3.63) is 35.6 Å². The molecule has 1 aromatic carbocycles. The number of carbonyl (C=O) groups is 1. The lowest BCUT2D eigenvalue weighted by molar-refractivity contribution is -0.120. The molecule has 1 fully saturated rings. The van der Waals surface area contributed by atoms with Gasteiger partial charge in [0.05, 0.1) is 13.0 Å². The van der Waals surface area contributed by atoms with Gasteiger partial charge >= 0.3 is 0 Å². The first-order chi connectivity index (χ1) is 11.2. The summed E-state index contributed by atoms with van der Waals surface area (Å²) in [6, 6.07) is 5.99. The summed E-state index contributed by atoms with van der Waals surface area (Å²) in [5, 5.41) is 6.13. The second kappa shape index (κ2) is 9.12. The number of hydrogen-bond acceptors (Lipinski definition) is 2. The van der Waals surface area contributed by atoms with E-state index in [1.165, 1.54) is 25.0 Å². The number of benzene rings is 1. The first kappa shape index (κ1) is 17.2. The fourth-order valence-corrected chi connectivity index (χ4v) is 2.56. The Hall–Kier alpha value is -2.11. The van der Waals surface area contributed by atoms with Gasteiger partial charge in [-0.3, -0.25) is 9.79 Å². The molecule has 1 saturated heterocycles. The van der Waals surface area contributed by atoms with Crippen LogP contribution in [-0.2, 0) is 11.2 Å². The lowest BCUT2D eigenvalue weighted by atomic mass is 10.1. The zero-order valence-electron chi connectivity index (χ0n) is 13.6. The quantitative estimate of drug-likeness (QED) is 0.475. The van der Waals surface area contributed by atoms with Crippen LogP contribution in [0.15, 0.2) is 29.3 Å². The highest BCUT2D eigenvalue weighted by Crippen LogP contribution is 2.07. The van der Waals surface area contributed by atoms with Crippen molar-refractivity contribution < 1.29 is 9.18 Å². The van der Waals surface area contributed by atoms with Gasteiger partial charge in [0.15, 0.2) is 5.96 Å². The van der Waals surface area contributed by atoms with Gasteiger partial charge < -0.3 is 15.5 Å². The molecule has 0 atom stereocenters. The van der Waals surface area contributed by atoms with Crippen LogP contribution in [0.5, 0.6) is 0 Å². The summed E-state index contributed by atoms with van der Waals surface area (Å²) in [6.07, 6.45) is 2.67. The molecule has 2 rings (SSSR count). The maximum atomic E-state index is 12.8. The average Bonchev–Trinajstić information content (AvgIpc) is 3.07. The van der Waals surface area contributed by atoms with E-state index in [1.54, 1.807) is 12.1 Å². The SMILES string of the molecule is CCNC(=NCCNC(=O)Cc1ccc(F)cc1)N1CCCC1. The number of halogens is 1. The van der Waals surface area contributed by atoms with Crippen molar-refractivity contribution in [3.63, 3.8) is 0 Å². The Morgan fingerprint density at radius 3 is 2.57 bits per heavy atom. The molecular formula is C17H25FN4O. The van der Waals surface area contributed by atoms with E-state index in [9.17, 15) is 9.18 Å². The molecule has 5 nitrogen and oxygen atoms in total. The highest BCUT2D eigenvalue weighted by Gasteiger charge is 2.15. The molecule has 0 unspecified atom stereocenters. The van der Waals surface area contributed by atoms with Crippen molar-refractivity contribution in [1.82, 2.24) is 15.5 Å². The molecule has 1 aliphatic rings. The normalized spacial score (nSPS) is 14.9. The Balaban J connectivity index is 1.73. The van der Waals surface area contributed by atoms with E-state index in [4.69, 9.17) is 0 Å². The van der Waals surface area contributed by atoms with Gasteiger partial charge in [-0.05, 0) is 37.5 Å². The Morgan fingerprint density at radius 2 is 1.91 bits per heavy atom. The summed E-state index contributed by atoms with van der Waals surface area (Å²) in [5.74, 6) is 0.567. The van der Waals surface area contributed by atoms with Crippen LogP contribution >= 0.6 is 0 Å². The minimum absolute atomic E-state index is 0.0713. The summed E-state index contributed by atoms with van der Waals surface area (Å²) in [4.78, 5) is 18.7. The van der Waals surface area contributed by atoms with Crippen LogP contribution in [0.25, 0.3) is 0 Å². The monoisotopic (exact) mass is 320 g/mol. The predicted molar refractivity (Wildman–Crippen MR) is 89.9 cm³/mol. The number of nitrogens with one attached hydrogen (secondary N) is 2. The van der Waals surface area contributed by atoms with E-state index in [2.05, 4.69) is 27.4 Å². The molecule has 0 saturated carbocycles. The number of likely N-dealkylation sites (tertiary alicyclic amines) is 1. The Kier molecular flexibility index (Phi) is 6.84. The maximum Gasteiger partial charge on any atom is 0.224 e. The average molecular weight is 320 g/mol. The lowest BCUT2D eigenvalue weighted by Crippen LogP contribution is -2.40. The topological polar surface area (TPSA) is 56.7 Å². The molecule has 1 aromatic rings. The van der Waals surface area contributed by atoms with Crippen LogP contribution in [-0.4, -0.2) is 49.5 Å². The van der Waals surface area contributed by atoms with Crippen LogP contribution in [0.1, 0.15) is 25.3 Å². The summed E-state index contributed by atoms with van der Waals surface area (Å²) in [6.45, 7) is 6.03. The number of nitrogens with zero attached hydrogens (tertiary/aromatic N) is 2. The smallest absolute Gasteiger partial charge is 0.224 e. The van der Waals surface area contributed by atoms with Crippen molar-refractivity contribution in [2.24, 2.45) is 4.99 Å². The van der Waals surface area contributed by atoms with Gasteiger partial charge in [0.25, 0.3) is 0 Å². The Labute approximate surface area is 137 Å². The largest absolute Gasteiger partial charge is 0.357 e. The Bertz CT molecular complexity index is 524. The van der Waals surface area contributed by atoms with Crippen LogP contribution in [0.2, 0.25) is 0 Å². The minimum atomic E-state index is -0.290. The van der Waals surface area contributed by atoms with Crippen molar-refractivity contribution in [1.29, 1.82) is 0 Å². The minimum Gasteiger partial charge on any atom is -0.357 e. The van der Waals surface area contributed by atoms with E-state index >= 15 is 0 Å². The third-order valence-corrected chi connectivity index (χ3v) is 3.71. The van der Waals surface area contributed by atoms with E-state index < -0.39 is 0 Å². The molecule has 0 spiro atoms. The molecule has 23 heavy (non-hydrogen) atoms. The molecule has 0 bridgehead atoms. The molecule has 2 N–H and O–H groups in total. The van der Waals surface area contributed by atoms with Crippen LogP contribution in [0.4, 0.5) is 4.39 Å². The fourth-order valence-electron chi connectivity index (χ4n) is 2.56. The van der Waals surface area contributed by atoms with Gasteiger partial charge in [0.1, 0.15) is 5.82 Å². The van der Waals surface area contributed by atoms with Gasteiger partial charge in [0, 0.05) is 26.2 Å². The van der Waals surface area contributed by atoms with E-state index in [-0.39, 0.29) is 18.1 Å². The number of carbonyl (C=O) groups excluding carboxylic acids is 1. The van der Waals surface area contributed by atoms with Gasteiger partial charge in [0.2, 0.25) is 5.91 Å². The molecule has 0 aliphatic carbocycles. The highest BCUT2D eigenvalue weighted by atomic mass is 19.1. The number of amides is 1. The molecule has 0 aromatic heterocycles. The predicted octanol–water partition coefficient (Wildman–Crippen LogP) is 1.55. The summed E-state index contributed by atoms with van der Waals surface area (Å²) >= 11 is 0. The number of rotatable bonds is 6. The number of guanidine groups is 1. The lowest BCUT2D eigenvalue weighted by Gasteiger charge is -2.20. The standard InChI is InChI=1S/C17H25FN4O/c1-2-19-17(22-11-3-4-12-22)21-10-9-20-16(23)13-14-5-7-15(18)8-6-14/h5-8H,2-4,9-13H2,1H3,(H,19,21)(H,20,23). The molecule has 1 heterocycles. The Morgan fingerprint density at radius 1 is 1.22 bits per heavy atom. The number of aliphatic imine (C=N–C) groups is 1. The zero-order chi connectivity index (χ0) is 16.5. The summed E-state index contributed by atoms with van der Waals surface area (Å²) < 4.78 is 12.8. The van der Waals surface area contributed by atoms with Gasteiger partial charge in [-0.1, -0.05) is 12.1 Å². The van der Waals surface area contributed by atoms with Crippen molar-refractivity contribution in [2.45, 2.75) is 26.2 Å². The van der Waals surface area contributed by atoms with E-state index in [1.807, 2.05) is 0 Å². The first-order valence-corrected chi connectivity index (χ1v) is 8.23. The van der Waals surface area contributed by atoms with Gasteiger partial charge in [-0.25, -0.2) is 4.39 Å². The third-order valence-electron chi connectivity index (χ3n) is 3.71. The van der Waals surface area contributed by atoms with Crippen molar-refractivity contribution in [3.8, 4) is 0 Å². The molecule has 1 amide bonds. The van der Waals surface area contributed by atoms with Gasteiger partial charge in [-0.15, -0.1) is 0 Å². The summed E-state index contributed by atoms with van der Waals surface area (Å²) in [5.41, 5.74) is 0.804. The second-order valence-corrected chi connectivity index (χ2v) is 5.58. The highest BCUT2D eigenvalue weighted by molar-refractivity contribution is 5.80. The molecule has 0 radical (unpaired) electrons.